The van der Waals surface area contributed by atoms with Crippen LogP contribution in [-0.4, -0.2) is 29.5 Å². The molecule has 0 aliphatic heterocycles. The van der Waals surface area contributed by atoms with Crippen LogP contribution in [0.15, 0.2) is 35.7 Å². The Kier molecular flexibility index (Phi) is 6.72. The third kappa shape index (κ3) is 4.53. The SMILES string of the molecule is CCOC(=O)c1c(-c2ccccc2)csc1NC(=S)NC(=O)CCl. The van der Waals surface area contributed by atoms with E-state index in [2.05, 4.69) is 10.6 Å². The summed E-state index contributed by atoms with van der Waals surface area (Å²) >= 11 is 11.8. The fourth-order valence-corrected chi connectivity index (χ4v) is 3.29. The van der Waals surface area contributed by atoms with Gasteiger partial charge in [-0.15, -0.1) is 22.9 Å². The highest BCUT2D eigenvalue weighted by Crippen LogP contribution is 2.36. The highest BCUT2D eigenvalue weighted by molar-refractivity contribution is 7.80. The molecule has 0 aliphatic carbocycles. The molecule has 5 nitrogen and oxygen atoms in total. The number of amides is 1. The first-order valence-corrected chi connectivity index (χ1v) is 8.89. The van der Waals surface area contributed by atoms with Crippen molar-refractivity contribution >= 4 is 57.1 Å². The summed E-state index contributed by atoms with van der Waals surface area (Å²) < 4.78 is 5.15. The Hall–Kier alpha value is -1.96. The fourth-order valence-electron chi connectivity index (χ4n) is 1.98. The van der Waals surface area contributed by atoms with Gasteiger partial charge in [0.1, 0.15) is 16.4 Å². The molecule has 0 saturated carbocycles. The first-order chi connectivity index (χ1) is 11.6. The predicted molar refractivity (Wildman–Crippen MR) is 101 cm³/mol. The van der Waals surface area contributed by atoms with E-state index in [-0.39, 0.29) is 17.6 Å². The lowest BCUT2D eigenvalue weighted by Gasteiger charge is -2.10. The Morgan fingerprint density at radius 2 is 2.00 bits per heavy atom. The molecule has 8 heteroatoms. The molecular formula is C16H15ClN2O3S2. The molecule has 24 heavy (non-hydrogen) atoms. The van der Waals surface area contributed by atoms with Crippen LogP contribution in [0, 0.1) is 0 Å². The van der Waals surface area contributed by atoms with Gasteiger partial charge >= 0.3 is 5.97 Å². The van der Waals surface area contributed by atoms with Crippen molar-refractivity contribution in [3.05, 3.63) is 41.3 Å². The zero-order valence-electron chi connectivity index (χ0n) is 12.8. The number of esters is 1. The van der Waals surface area contributed by atoms with E-state index in [0.29, 0.717) is 10.6 Å². The number of carbonyl (C=O) groups excluding carboxylic acids is 2. The van der Waals surface area contributed by atoms with Gasteiger partial charge in [-0.2, -0.15) is 0 Å². The average molecular weight is 383 g/mol. The number of rotatable bonds is 5. The van der Waals surface area contributed by atoms with Crippen molar-refractivity contribution in [2.45, 2.75) is 6.92 Å². The van der Waals surface area contributed by atoms with Crippen molar-refractivity contribution in [3.8, 4) is 11.1 Å². The van der Waals surface area contributed by atoms with Gasteiger partial charge in [-0.25, -0.2) is 4.79 Å². The zero-order valence-corrected chi connectivity index (χ0v) is 15.2. The van der Waals surface area contributed by atoms with Crippen LogP contribution in [0.25, 0.3) is 11.1 Å². The van der Waals surface area contributed by atoms with Crippen molar-refractivity contribution in [1.82, 2.24) is 5.32 Å². The van der Waals surface area contributed by atoms with E-state index in [4.69, 9.17) is 28.6 Å². The van der Waals surface area contributed by atoms with Gasteiger partial charge in [0.25, 0.3) is 0 Å². The summed E-state index contributed by atoms with van der Waals surface area (Å²) in [5.74, 6) is -1.08. The van der Waals surface area contributed by atoms with E-state index < -0.39 is 11.9 Å². The number of thiocarbonyl (C=S) groups is 1. The lowest BCUT2D eigenvalue weighted by molar-refractivity contribution is -0.117. The Bertz CT molecular complexity index is 747. The molecule has 1 amide bonds. The molecule has 0 spiro atoms. The summed E-state index contributed by atoms with van der Waals surface area (Å²) in [4.78, 5) is 23.7. The minimum atomic E-state index is -0.452. The number of carbonyl (C=O) groups is 2. The smallest absolute Gasteiger partial charge is 0.341 e. The van der Waals surface area contributed by atoms with E-state index in [1.54, 1.807) is 6.92 Å². The molecule has 1 aromatic heterocycles. The number of benzene rings is 1. The summed E-state index contributed by atoms with van der Waals surface area (Å²) in [6.45, 7) is 2.00. The second kappa shape index (κ2) is 8.77. The van der Waals surface area contributed by atoms with Gasteiger partial charge in [-0.05, 0) is 24.7 Å². The molecule has 126 valence electrons. The van der Waals surface area contributed by atoms with E-state index in [0.717, 1.165) is 11.1 Å². The number of anilines is 1. The number of halogens is 1. The number of hydrogen-bond acceptors (Lipinski definition) is 5. The topological polar surface area (TPSA) is 67.4 Å². The number of nitrogens with one attached hydrogen (secondary N) is 2. The highest BCUT2D eigenvalue weighted by Gasteiger charge is 2.22. The first kappa shape index (κ1) is 18.4. The van der Waals surface area contributed by atoms with Crippen molar-refractivity contribution in [2.24, 2.45) is 0 Å². The number of thiophene rings is 1. The second-order valence-corrected chi connectivity index (χ2v) is 6.13. The van der Waals surface area contributed by atoms with Crippen LogP contribution in [0.4, 0.5) is 5.00 Å². The third-order valence-electron chi connectivity index (χ3n) is 2.96. The molecule has 0 aliphatic rings. The number of hydrogen-bond donors (Lipinski definition) is 2. The van der Waals surface area contributed by atoms with Crippen LogP contribution in [0.1, 0.15) is 17.3 Å². The van der Waals surface area contributed by atoms with E-state index in [1.165, 1.54) is 11.3 Å². The molecule has 0 bridgehead atoms. The molecule has 0 atom stereocenters. The summed E-state index contributed by atoms with van der Waals surface area (Å²) in [6, 6.07) is 9.49. The maximum atomic E-state index is 12.4. The normalized spacial score (nSPS) is 10.1. The molecule has 0 saturated heterocycles. The maximum absolute atomic E-state index is 12.4. The van der Waals surface area contributed by atoms with Crippen LogP contribution in [0.5, 0.6) is 0 Å². The summed E-state index contributed by atoms with van der Waals surface area (Å²) in [7, 11) is 0. The lowest BCUT2D eigenvalue weighted by atomic mass is 10.0. The van der Waals surface area contributed by atoms with Gasteiger partial charge < -0.3 is 15.4 Å². The van der Waals surface area contributed by atoms with Gasteiger partial charge in [-0.1, -0.05) is 30.3 Å². The zero-order chi connectivity index (χ0) is 17.5. The minimum Gasteiger partial charge on any atom is -0.462 e. The molecule has 2 aromatic rings. The molecule has 1 aromatic carbocycles. The molecule has 0 unspecified atom stereocenters. The van der Waals surface area contributed by atoms with Gasteiger partial charge in [0.05, 0.1) is 6.61 Å². The van der Waals surface area contributed by atoms with Crippen molar-refractivity contribution in [2.75, 3.05) is 17.8 Å². The van der Waals surface area contributed by atoms with Crippen LogP contribution < -0.4 is 10.6 Å². The van der Waals surface area contributed by atoms with Gasteiger partial charge in [-0.3, -0.25) is 4.79 Å². The van der Waals surface area contributed by atoms with Crippen molar-refractivity contribution in [1.29, 1.82) is 0 Å². The van der Waals surface area contributed by atoms with Crippen LogP contribution in [0.2, 0.25) is 0 Å². The molecular weight excluding hydrogens is 368 g/mol. The van der Waals surface area contributed by atoms with Crippen LogP contribution >= 0.6 is 35.2 Å². The average Bonchev–Trinajstić information content (AvgIpc) is 2.99. The number of alkyl halides is 1. The second-order valence-electron chi connectivity index (χ2n) is 4.58. The minimum absolute atomic E-state index is 0.0765. The van der Waals surface area contributed by atoms with Crippen LogP contribution in [-0.2, 0) is 9.53 Å². The molecule has 2 rings (SSSR count). The monoisotopic (exact) mass is 382 g/mol. The Morgan fingerprint density at radius 1 is 1.29 bits per heavy atom. The molecule has 2 N–H and O–H groups in total. The Labute approximate surface area is 154 Å². The summed E-state index contributed by atoms with van der Waals surface area (Å²) in [5.41, 5.74) is 2.02. The lowest BCUT2D eigenvalue weighted by Crippen LogP contribution is -2.35. The van der Waals surface area contributed by atoms with Gasteiger partial charge in [0, 0.05) is 10.9 Å². The van der Waals surface area contributed by atoms with E-state index in [1.807, 2.05) is 35.7 Å². The van der Waals surface area contributed by atoms with Gasteiger partial charge in [0.2, 0.25) is 5.91 Å². The van der Waals surface area contributed by atoms with Crippen LogP contribution in [0.3, 0.4) is 0 Å². The first-order valence-electron chi connectivity index (χ1n) is 7.07. The van der Waals surface area contributed by atoms with E-state index >= 15 is 0 Å². The summed E-state index contributed by atoms with van der Waals surface area (Å²) in [6.07, 6.45) is 0. The molecule has 1 heterocycles. The fraction of sp³-hybridized carbons (Fsp3) is 0.188. The predicted octanol–water partition coefficient (Wildman–Crippen LogP) is 3.64. The number of ether oxygens (including phenoxy) is 1. The standard InChI is InChI=1S/C16H15ClN2O3S2/c1-2-22-15(21)13-11(10-6-4-3-5-7-10)9-24-14(13)19-16(23)18-12(20)8-17/h3-7,9H,2,8H2,1H3,(H2,18,19,20,23). The molecule has 0 radical (unpaired) electrons. The largest absolute Gasteiger partial charge is 0.462 e. The van der Waals surface area contributed by atoms with Crippen molar-refractivity contribution in [3.63, 3.8) is 0 Å². The van der Waals surface area contributed by atoms with E-state index in [9.17, 15) is 9.59 Å². The summed E-state index contributed by atoms with van der Waals surface area (Å²) in [5, 5.41) is 7.72. The maximum Gasteiger partial charge on any atom is 0.341 e. The highest BCUT2D eigenvalue weighted by atomic mass is 35.5. The molecule has 0 fully saturated rings. The van der Waals surface area contributed by atoms with Gasteiger partial charge in [0.15, 0.2) is 5.11 Å². The Morgan fingerprint density at radius 3 is 2.62 bits per heavy atom. The quantitative estimate of drug-likeness (QED) is 0.469. The van der Waals surface area contributed by atoms with Crippen molar-refractivity contribution < 1.29 is 14.3 Å². The Balaban J connectivity index is 2.34. The third-order valence-corrected chi connectivity index (χ3v) is 4.30.